The molecule has 0 aliphatic carbocycles. The number of nitrogens with zero attached hydrogens (tertiary/aromatic N) is 1. The van der Waals surface area contributed by atoms with E-state index in [2.05, 4.69) is 4.99 Å². The minimum Gasteiger partial charge on any atom is -0.481 e. The second-order valence-corrected chi connectivity index (χ2v) is 2.35. The quantitative estimate of drug-likeness (QED) is 0.483. The highest BCUT2D eigenvalue weighted by Gasteiger charge is 1.99. The largest absolute Gasteiger partial charge is 0.481 e. The Bertz CT molecular complexity index is 254. The van der Waals surface area contributed by atoms with Gasteiger partial charge in [-0.15, -0.1) is 0 Å². The molecule has 0 aliphatic heterocycles. The Balaban J connectivity index is 2.88. The average molecular weight is 163 g/mol. The van der Waals surface area contributed by atoms with Gasteiger partial charge in [0.1, 0.15) is 0 Å². The lowest BCUT2D eigenvalue weighted by molar-refractivity contribution is 0.403. The Morgan fingerprint density at radius 3 is 2.50 bits per heavy atom. The van der Waals surface area contributed by atoms with Crippen molar-refractivity contribution in [3.63, 3.8) is 0 Å². The van der Waals surface area contributed by atoms with Gasteiger partial charge in [0.2, 0.25) is 5.90 Å². The van der Waals surface area contributed by atoms with Gasteiger partial charge in [0, 0.05) is 12.1 Å². The van der Waals surface area contributed by atoms with Crippen LogP contribution in [0.15, 0.2) is 35.3 Å². The van der Waals surface area contributed by atoms with Crippen LogP contribution in [0.5, 0.6) is 0 Å². The van der Waals surface area contributed by atoms with Gasteiger partial charge in [-0.3, -0.25) is 4.99 Å². The molecule has 0 saturated carbocycles. The average Bonchev–Trinajstić information content (AvgIpc) is 2.15. The van der Waals surface area contributed by atoms with E-state index < -0.39 is 0 Å². The van der Waals surface area contributed by atoms with E-state index in [0.29, 0.717) is 5.90 Å². The van der Waals surface area contributed by atoms with Crippen LogP contribution < -0.4 is 0 Å². The number of rotatable bonds is 2. The normalized spacial score (nSPS) is 11.3. The molecule has 0 bridgehead atoms. The fourth-order valence-electron chi connectivity index (χ4n) is 0.998. The third kappa shape index (κ3) is 2.09. The maximum Gasteiger partial charge on any atom is 0.215 e. The number of ether oxygens (including phenoxy) is 1. The van der Waals surface area contributed by atoms with Crippen molar-refractivity contribution in [3.8, 4) is 0 Å². The summed E-state index contributed by atoms with van der Waals surface area (Å²) in [7, 11) is 1.64. The summed E-state index contributed by atoms with van der Waals surface area (Å²) in [6, 6.07) is 9.89. The molecule has 0 heterocycles. The van der Waals surface area contributed by atoms with E-state index in [-0.39, 0.29) is 0 Å². The number of hydrogen-bond acceptors (Lipinski definition) is 2. The van der Waals surface area contributed by atoms with Gasteiger partial charge in [-0.25, -0.2) is 0 Å². The highest BCUT2D eigenvalue weighted by molar-refractivity contribution is 5.93. The second-order valence-electron chi connectivity index (χ2n) is 2.35. The molecular weight excluding hydrogens is 150 g/mol. The molecule has 0 unspecified atom stereocenters. The van der Waals surface area contributed by atoms with Crippen molar-refractivity contribution in [1.29, 1.82) is 0 Å². The van der Waals surface area contributed by atoms with E-state index in [4.69, 9.17) is 4.74 Å². The Morgan fingerprint density at radius 2 is 2.00 bits per heavy atom. The van der Waals surface area contributed by atoms with Gasteiger partial charge < -0.3 is 4.74 Å². The highest BCUT2D eigenvalue weighted by Crippen LogP contribution is 2.01. The summed E-state index contributed by atoms with van der Waals surface area (Å²) in [5, 5.41) is 0. The van der Waals surface area contributed by atoms with E-state index in [1.54, 1.807) is 7.11 Å². The summed E-state index contributed by atoms with van der Waals surface area (Å²) in [5.41, 5.74) is 1.03. The predicted molar refractivity (Wildman–Crippen MR) is 50.5 cm³/mol. The second kappa shape index (κ2) is 4.54. The lowest BCUT2D eigenvalue weighted by Crippen LogP contribution is -2.03. The van der Waals surface area contributed by atoms with Crippen LogP contribution in [0.2, 0.25) is 0 Å². The summed E-state index contributed by atoms with van der Waals surface area (Å²) in [5.74, 6) is 0.707. The van der Waals surface area contributed by atoms with E-state index in [9.17, 15) is 0 Å². The summed E-state index contributed by atoms with van der Waals surface area (Å²) in [4.78, 5) is 4.21. The molecule has 0 aromatic heterocycles. The van der Waals surface area contributed by atoms with Gasteiger partial charge in [-0.1, -0.05) is 18.2 Å². The first-order valence-corrected chi connectivity index (χ1v) is 4.02. The zero-order valence-corrected chi connectivity index (χ0v) is 7.45. The van der Waals surface area contributed by atoms with Gasteiger partial charge in [-0.2, -0.15) is 0 Å². The van der Waals surface area contributed by atoms with Crippen molar-refractivity contribution >= 4 is 5.90 Å². The van der Waals surface area contributed by atoms with Crippen LogP contribution >= 0.6 is 0 Å². The maximum absolute atomic E-state index is 5.13. The highest BCUT2D eigenvalue weighted by atomic mass is 16.5. The number of methoxy groups -OCH3 is 1. The molecule has 2 nitrogen and oxygen atoms in total. The first-order chi connectivity index (χ1) is 5.88. The molecule has 1 rings (SSSR count). The Morgan fingerprint density at radius 1 is 1.33 bits per heavy atom. The predicted octanol–water partition coefficient (Wildman–Crippen LogP) is 2.10. The van der Waals surface area contributed by atoms with Crippen molar-refractivity contribution in [2.24, 2.45) is 4.99 Å². The van der Waals surface area contributed by atoms with Crippen LogP contribution in [0.1, 0.15) is 12.5 Å². The smallest absolute Gasteiger partial charge is 0.215 e. The van der Waals surface area contributed by atoms with Crippen LogP contribution in [-0.2, 0) is 4.74 Å². The van der Waals surface area contributed by atoms with Gasteiger partial charge in [0.05, 0.1) is 7.11 Å². The van der Waals surface area contributed by atoms with Gasteiger partial charge in [0.15, 0.2) is 0 Å². The van der Waals surface area contributed by atoms with Gasteiger partial charge >= 0.3 is 0 Å². The zero-order chi connectivity index (χ0) is 8.81. The van der Waals surface area contributed by atoms with E-state index in [1.165, 1.54) is 0 Å². The Labute approximate surface area is 72.9 Å². The van der Waals surface area contributed by atoms with Crippen molar-refractivity contribution in [2.75, 3.05) is 13.7 Å². The molecule has 0 saturated heterocycles. The number of hydrogen-bond donors (Lipinski definition) is 0. The molecule has 0 fully saturated rings. The third-order valence-electron chi connectivity index (χ3n) is 1.52. The molecule has 0 spiro atoms. The molecule has 0 radical (unpaired) electrons. The monoisotopic (exact) mass is 163 g/mol. The van der Waals surface area contributed by atoms with Crippen molar-refractivity contribution in [3.05, 3.63) is 35.9 Å². The van der Waals surface area contributed by atoms with E-state index in [1.807, 2.05) is 37.3 Å². The van der Waals surface area contributed by atoms with Crippen molar-refractivity contribution in [1.82, 2.24) is 0 Å². The molecule has 1 aromatic rings. The Kier molecular flexibility index (Phi) is 3.33. The lowest BCUT2D eigenvalue weighted by Gasteiger charge is -2.03. The van der Waals surface area contributed by atoms with Crippen LogP contribution in [0.3, 0.4) is 0 Å². The molecule has 0 aliphatic rings. The Hall–Kier alpha value is -1.31. The molecule has 0 atom stereocenters. The molecule has 1 aromatic carbocycles. The maximum atomic E-state index is 5.13. The van der Waals surface area contributed by atoms with Crippen LogP contribution in [-0.4, -0.2) is 19.6 Å². The summed E-state index contributed by atoms with van der Waals surface area (Å²) in [6.07, 6.45) is 0. The fourth-order valence-corrected chi connectivity index (χ4v) is 0.998. The molecule has 0 N–H and O–H groups in total. The molecule has 64 valence electrons. The minimum atomic E-state index is 0.707. The van der Waals surface area contributed by atoms with Gasteiger partial charge in [-0.05, 0) is 19.1 Å². The van der Waals surface area contributed by atoms with Crippen LogP contribution in [0, 0.1) is 0 Å². The fraction of sp³-hybridized carbons (Fsp3) is 0.300. The number of benzene rings is 1. The van der Waals surface area contributed by atoms with Crippen molar-refractivity contribution < 1.29 is 4.74 Å². The van der Waals surface area contributed by atoms with Crippen LogP contribution in [0.4, 0.5) is 0 Å². The first-order valence-electron chi connectivity index (χ1n) is 4.02. The number of aliphatic imine (C=N–C) groups is 1. The third-order valence-corrected chi connectivity index (χ3v) is 1.52. The van der Waals surface area contributed by atoms with Crippen LogP contribution in [0.25, 0.3) is 0 Å². The SMILES string of the molecule is CCN=C(OC)c1ccccc1. The molecule has 2 heteroatoms. The van der Waals surface area contributed by atoms with Crippen molar-refractivity contribution in [2.45, 2.75) is 6.92 Å². The minimum absolute atomic E-state index is 0.707. The lowest BCUT2D eigenvalue weighted by atomic mass is 10.2. The summed E-state index contributed by atoms with van der Waals surface area (Å²) < 4.78 is 5.13. The zero-order valence-electron chi connectivity index (χ0n) is 7.45. The molecular formula is C10H13NO. The summed E-state index contributed by atoms with van der Waals surface area (Å²) in [6.45, 7) is 2.74. The van der Waals surface area contributed by atoms with Gasteiger partial charge in [0.25, 0.3) is 0 Å². The first kappa shape index (κ1) is 8.78. The molecule has 12 heavy (non-hydrogen) atoms. The standard InChI is InChI=1S/C10H13NO/c1-3-11-10(12-2)9-7-5-4-6-8-9/h4-8H,3H2,1-2H3. The van der Waals surface area contributed by atoms with E-state index in [0.717, 1.165) is 12.1 Å². The molecule has 0 amide bonds. The summed E-state index contributed by atoms with van der Waals surface area (Å²) >= 11 is 0. The van der Waals surface area contributed by atoms with E-state index >= 15 is 0 Å². The topological polar surface area (TPSA) is 21.6 Å².